The second-order valence-corrected chi connectivity index (χ2v) is 12.4. The van der Waals surface area contributed by atoms with Gasteiger partial charge in [-0.15, -0.1) is 0 Å². The maximum Gasteiger partial charge on any atom is 0.414 e. The molecule has 2 aliphatic rings. The van der Waals surface area contributed by atoms with Gasteiger partial charge in [-0.05, 0) is 47.0 Å². The van der Waals surface area contributed by atoms with Crippen LogP contribution in [0.2, 0.25) is 0 Å². The first-order valence-corrected chi connectivity index (χ1v) is 16.6. The highest BCUT2D eigenvalue weighted by Crippen LogP contribution is 2.43. The van der Waals surface area contributed by atoms with E-state index in [1.54, 1.807) is 18.3 Å². The van der Waals surface area contributed by atoms with Gasteiger partial charge in [0.05, 0.1) is 24.3 Å². The number of nitrogens with zero attached hydrogens (tertiary/aromatic N) is 4. The Morgan fingerprint density at radius 3 is 1.94 bits per heavy atom. The number of piperazine rings is 1. The fourth-order valence-corrected chi connectivity index (χ4v) is 7.09. The van der Waals surface area contributed by atoms with Gasteiger partial charge in [0.25, 0.3) is 0 Å². The summed E-state index contributed by atoms with van der Waals surface area (Å²) in [6.45, 7) is 5.01. The molecule has 0 unspecified atom stereocenters. The summed E-state index contributed by atoms with van der Waals surface area (Å²) in [5.74, 6) is 0.177. The summed E-state index contributed by atoms with van der Waals surface area (Å²) in [6.07, 6.45) is 0.640. The average Bonchev–Trinajstić information content (AvgIpc) is 3.53. The van der Waals surface area contributed by atoms with Gasteiger partial charge in [0.2, 0.25) is 5.91 Å². The van der Waals surface area contributed by atoms with Gasteiger partial charge in [0, 0.05) is 50.4 Å². The van der Waals surface area contributed by atoms with E-state index in [2.05, 4.69) is 106 Å². The van der Waals surface area contributed by atoms with E-state index in [1.807, 2.05) is 12.1 Å². The number of ether oxygens (including phenoxy) is 1. The van der Waals surface area contributed by atoms with E-state index >= 15 is 4.39 Å². The summed E-state index contributed by atoms with van der Waals surface area (Å²) < 4.78 is 20.7. The van der Waals surface area contributed by atoms with Crippen LogP contribution in [-0.2, 0) is 15.1 Å². The molecule has 0 saturated carbocycles. The summed E-state index contributed by atoms with van der Waals surface area (Å²) in [6, 6.07) is 40.7. The van der Waals surface area contributed by atoms with Crippen LogP contribution >= 0.6 is 0 Å². The third-order valence-corrected chi connectivity index (χ3v) is 9.43. The molecule has 2 amide bonds. The van der Waals surface area contributed by atoms with E-state index in [4.69, 9.17) is 9.72 Å². The predicted octanol–water partition coefficient (Wildman–Crippen LogP) is 6.46. The monoisotopic (exact) mass is 655 g/mol. The zero-order chi connectivity index (χ0) is 33.8. The highest BCUT2D eigenvalue weighted by molar-refractivity contribution is 5.90. The number of rotatable bonds is 9. The minimum Gasteiger partial charge on any atom is -0.442 e. The van der Waals surface area contributed by atoms with Gasteiger partial charge < -0.3 is 15.0 Å². The summed E-state index contributed by atoms with van der Waals surface area (Å²) in [5.41, 5.74) is 4.66. The van der Waals surface area contributed by atoms with Crippen molar-refractivity contribution in [1.82, 2.24) is 15.2 Å². The van der Waals surface area contributed by atoms with Crippen molar-refractivity contribution in [3.8, 4) is 11.1 Å². The highest BCUT2D eigenvalue weighted by Gasteiger charge is 2.43. The Morgan fingerprint density at radius 1 is 0.837 bits per heavy atom. The van der Waals surface area contributed by atoms with Crippen molar-refractivity contribution in [2.75, 3.05) is 49.1 Å². The smallest absolute Gasteiger partial charge is 0.414 e. The van der Waals surface area contributed by atoms with Gasteiger partial charge in [-0.2, -0.15) is 0 Å². The minimum atomic E-state index is -0.567. The number of carbonyl (C=O) groups excluding carboxylic acids is 2. The highest BCUT2D eigenvalue weighted by atomic mass is 19.1. The van der Waals surface area contributed by atoms with Crippen LogP contribution in [0.5, 0.6) is 0 Å². The molecule has 1 N–H and O–H groups in total. The lowest BCUT2D eigenvalue weighted by molar-refractivity contribution is -0.119. The molecule has 2 aliphatic heterocycles. The van der Waals surface area contributed by atoms with E-state index in [-0.39, 0.29) is 19.0 Å². The van der Waals surface area contributed by atoms with Crippen molar-refractivity contribution in [2.45, 2.75) is 18.6 Å². The molecule has 248 valence electrons. The lowest BCUT2D eigenvalue weighted by Crippen LogP contribution is -2.56. The number of carbonyl (C=O) groups is 2. The zero-order valence-electron chi connectivity index (χ0n) is 27.3. The summed E-state index contributed by atoms with van der Waals surface area (Å²) in [7, 11) is 0. The zero-order valence-corrected chi connectivity index (χ0v) is 27.3. The number of nitrogens with one attached hydrogen (secondary N) is 1. The Bertz CT molecular complexity index is 1800. The van der Waals surface area contributed by atoms with Crippen molar-refractivity contribution in [1.29, 1.82) is 0 Å². The Balaban J connectivity index is 1.08. The molecule has 2 saturated heterocycles. The molecule has 9 heteroatoms. The summed E-state index contributed by atoms with van der Waals surface area (Å²) in [5, 5.41) is 2.65. The Morgan fingerprint density at radius 2 is 1.43 bits per heavy atom. The molecular formula is C40H38FN5O3. The molecule has 8 nitrogen and oxygen atoms in total. The number of amides is 2. The van der Waals surface area contributed by atoms with Crippen LogP contribution in [-0.4, -0.2) is 67.3 Å². The number of halogens is 1. The van der Waals surface area contributed by atoms with Crippen molar-refractivity contribution in [3.63, 3.8) is 0 Å². The van der Waals surface area contributed by atoms with Gasteiger partial charge in [-0.1, -0.05) is 91.0 Å². The summed E-state index contributed by atoms with van der Waals surface area (Å²) in [4.78, 5) is 34.7. The van der Waals surface area contributed by atoms with Gasteiger partial charge in [-0.25, -0.2) is 14.2 Å². The molecule has 49 heavy (non-hydrogen) atoms. The van der Waals surface area contributed by atoms with Crippen LogP contribution < -0.4 is 15.1 Å². The number of aromatic nitrogens is 1. The number of hydrogen-bond donors (Lipinski definition) is 1. The molecule has 2 fully saturated rings. The van der Waals surface area contributed by atoms with Gasteiger partial charge in [0.15, 0.2) is 0 Å². The third kappa shape index (κ3) is 6.37. The minimum absolute atomic E-state index is 0.206. The molecule has 7 rings (SSSR count). The molecule has 0 spiro atoms. The Labute approximate surface area is 285 Å². The average molecular weight is 656 g/mol. The van der Waals surface area contributed by atoms with Crippen LogP contribution in [0.15, 0.2) is 128 Å². The molecule has 3 heterocycles. The molecule has 0 radical (unpaired) electrons. The largest absolute Gasteiger partial charge is 0.442 e. The SMILES string of the molecule is CC(=O)NC[C@H]1CN(c2ccc(-c3ccc(N4CCN(C(c5ccccc5)(c5ccccc5)c5ccccc5)CC4)nc3)c(F)c2)C(=O)O1. The molecule has 0 bridgehead atoms. The van der Waals surface area contributed by atoms with Crippen LogP contribution in [0.1, 0.15) is 23.6 Å². The van der Waals surface area contributed by atoms with Gasteiger partial charge >= 0.3 is 6.09 Å². The first-order chi connectivity index (χ1) is 23.9. The molecule has 5 aromatic rings. The fourth-order valence-electron chi connectivity index (χ4n) is 7.09. The third-order valence-electron chi connectivity index (χ3n) is 9.43. The molecule has 1 aromatic heterocycles. The van der Waals surface area contributed by atoms with Crippen molar-refractivity contribution < 1.29 is 18.7 Å². The van der Waals surface area contributed by atoms with E-state index < -0.39 is 23.6 Å². The topological polar surface area (TPSA) is 78.0 Å². The van der Waals surface area contributed by atoms with E-state index in [0.29, 0.717) is 16.8 Å². The first-order valence-electron chi connectivity index (χ1n) is 16.6. The second-order valence-electron chi connectivity index (χ2n) is 12.4. The number of hydrogen-bond acceptors (Lipinski definition) is 6. The molecule has 0 aliphatic carbocycles. The van der Waals surface area contributed by atoms with E-state index in [1.165, 1.54) is 34.6 Å². The molecule has 4 aromatic carbocycles. The Hall–Kier alpha value is -5.54. The van der Waals surface area contributed by atoms with Gasteiger partial charge in [0.1, 0.15) is 17.7 Å². The van der Waals surface area contributed by atoms with Gasteiger partial charge in [-0.3, -0.25) is 14.6 Å². The lowest BCUT2D eigenvalue weighted by atomic mass is 9.75. The van der Waals surface area contributed by atoms with Crippen molar-refractivity contribution in [2.24, 2.45) is 0 Å². The van der Waals surface area contributed by atoms with E-state index in [9.17, 15) is 9.59 Å². The quantitative estimate of drug-likeness (QED) is 0.184. The van der Waals surface area contributed by atoms with E-state index in [0.717, 1.165) is 32.0 Å². The van der Waals surface area contributed by atoms with Crippen molar-refractivity contribution >= 4 is 23.5 Å². The number of benzene rings is 4. The maximum absolute atomic E-state index is 15.4. The lowest BCUT2D eigenvalue weighted by Gasteiger charge is -2.49. The first kappa shape index (κ1) is 32.0. The standard InChI is InChI=1S/C40H38FN5O3/c1-29(47)42-27-35-28-46(39(48)49-35)34-18-19-36(37(41)25-34)30-17-20-38(43-26-30)44-21-23-45(24-22-44)40(31-11-5-2-6-12-31,32-13-7-3-8-14-32)33-15-9-4-10-16-33/h2-20,25-26,35H,21-24,27-28H2,1H3,(H,42,47)/t35-/m0/s1. The molecule has 1 atom stereocenters. The van der Waals surface area contributed by atoms with Crippen LogP contribution in [0.25, 0.3) is 11.1 Å². The van der Waals surface area contributed by atoms with Crippen LogP contribution in [0.3, 0.4) is 0 Å². The predicted molar refractivity (Wildman–Crippen MR) is 189 cm³/mol. The normalized spacial score (nSPS) is 16.8. The number of cyclic esters (lactones) is 1. The summed E-state index contributed by atoms with van der Waals surface area (Å²) >= 11 is 0. The van der Waals surface area contributed by atoms with Crippen molar-refractivity contribution in [3.05, 3.63) is 150 Å². The Kier molecular flexibility index (Phi) is 9.09. The van der Waals surface area contributed by atoms with Crippen LogP contribution in [0.4, 0.5) is 20.7 Å². The fraction of sp³-hybridized carbons (Fsp3) is 0.225. The number of anilines is 2. The maximum atomic E-state index is 15.4. The number of pyridine rings is 1. The van der Waals surface area contributed by atoms with Crippen LogP contribution in [0, 0.1) is 5.82 Å². The second kappa shape index (κ2) is 13.9. The molecular weight excluding hydrogens is 617 g/mol.